The number of rotatable bonds is 3. The molecule has 0 unspecified atom stereocenters. The fraction of sp³-hybridized carbons (Fsp3) is 0.364. The van der Waals surface area contributed by atoms with E-state index in [1.807, 2.05) is 13.8 Å². The maximum Gasteiger partial charge on any atom is 0.411 e. The zero-order chi connectivity index (χ0) is 12.1. The zero-order valence-electron chi connectivity index (χ0n) is 9.29. The summed E-state index contributed by atoms with van der Waals surface area (Å²) in [6.45, 7) is 4.36. The van der Waals surface area contributed by atoms with Crippen LogP contribution in [-0.4, -0.2) is 12.7 Å². The Balaban J connectivity index is 2.56. The van der Waals surface area contributed by atoms with Gasteiger partial charge >= 0.3 is 6.09 Å². The molecule has 0 fully saturated rings. The summed E-state index contributed by atoms with van der Waals surface area (Å²) in [6.07, 6.45) is -0.459. The van der Waals surface area contributed by atoms with Gasteiger partial charge < -0.3 is 10.5 Å². The Morgan fingerprint density at radius 2 is 2.25 bits per heavy atom. The Morgan fingerprint density at radius 1 is 1.56 bits per heavy atom. The van der Waals surface area contributed by atoms with E-state index < -0.39 is 6.09 Å². The first-order chi connectivity index (χ1) is 7.49. The van der Waals surface area contributed by atoms with Gasteiger partial charge in [0.05, 0.1) is 12.3 Å². The first-order valence-electron chi connectivity index (χ1n) is 4.98. The van der Waals surface area contributed by atoms with Crippen LogP contribution in [0.4, 0.5) is 16.2 Å². The molecule has 0 atom stereocenters. The van der Waals surface area contributed by atoms with Crippen molar-refractivity contribution in [2.75, 3.05) is 17.7 Å². The molecule has 3 N–H and O–H groups in total. The largest absolute Gasteiger partial charge is 0.449 e. The van der Waals surface area contributed by atoms with Crippen LogP contribution in [-0.2, 0) is 4.74 Å². The molecule has 0 saturated heterocycles. The molecule has 0 aliphatic heterocycles. The van der Waals surface area contributed by atoms with E-state index in [-0.39, 0.29) is 0 Å². The van der Waals surface area contributed by atoms with Crippen LogP contribution < -0.4 is 11.1 Å². The highest BCUT2D eigenvalue weighted by Gasteiger charge is 2.07. The number of carbonyl (C=O) groups is 1. The Hall–Kier alpha value is -1.23. The quantitative estimate of drug-likeness (QED) is 0.839. The van der Waals surface area contributed by atoms with Gasteiger partial charge in [-0.3, -0.25) is 5.32 Å². The molecule has 0 heterocycles. The second-order valence-corrected chi connectivity index (χ2v) is 4.71. The van der Waals surface area contributed by atoms with Crippen molar-refractivity contribution >= 4 is 33.4 Å². The molecule has 0 bridgehead atoms. The van der Waals surface area contributed by atoms with E-state index in [1.165, 1.54) is 0 Å². The minimum Gasteiger partial charge on any atom is -0.449 e. The Morgan fingerprint density at radius 3 is 2.81 bits per heavy atom. The Labute approximate surface area is 103 Å². The van der Waals surface area contributed by atoms with Crippen LogP contribution in [0, 0.1) is 5.92 Å². The number of carbonyl (C=O) groups excluding carboxylic acids is 1. The van der Waals surface area contributed by atoms with Gasteiger partial charge in [0.1, 0.15) is 0 Å². The first-order valence-corrected chi connectivity index (χ1v) is 5.77. The number of nitrogen functional groups attached to an aromatic ring is 1. The van der Waals surface area contributed by atoms with Crippen molar-refractivity contribution in [2.24, 2.45) is 5.92 Å². The number of ether oxygens (including phenoxy) is 1. The molecule has 1 aromatic rings. The van der Waals surface area contributed by atoms with Gasteiger partial charge in [0.25, 0.3) is 0 Å². The van der Waals surface area contributed by atoms with Crippen LogP contribution in [0.3, 0.4) is 0 Å². The number of hydrogen-bond acceptors (Lipinski definition) is 3. The molecular weight excluding hydrogens is 272 g/mol. The lowest BCUT2D eigenvalue weighted by molar-refractivity contribution is 0.147. The van der Waals surface area contributed by atoms with Gasteiger partial charge in [0.15, 0.2) is 0 Å². The van der Waals surface area contributed by atoms with E-state index in [0.717, 1.165) is 4.47 Å². The van der Waals surface area contributed by atoms with E-state index in [4.69, 9.17) is 10.5 Å². The standard InChI is InChI=1S/C11H15BrN2O2/c1-7(2)6-16-11(15)14-10-4-3-8(13)5-9(10)12/h3-5,7H,6,13H2,1-2H3,(H,14,15). The van der Waals surface area contributed by atoms with Gasteiger partial charge in [0, 0.05) is 10.2 Å². The number of nitrogens with two attached hydrogens (primary N) is 1. The molecule has 1 rings (SSSR count). The normalized spacial score (nSPS) is 10.2. The molecule has 0 aromatic heterocycles. The van der Waals surface area contributed by atoms with Gasteiger partial charge in [-0.25, -0.2) is 4.79 Å². The third kappa shape index (κ3) is 4.10. The molecule has 0 aliphatic rings. The van der Waals surface area contributed by atoms with Gasteiger partial charge in [-0.2, -0.15) is 0 Å². The number of benzene rings is 1. The van der Waals surface area contributed by atoms with Crippen LogP contribution in [0.15, 0.2) is 22.7 Å². The van der Waals surface area contributed by atoms with Crippen LogP contribution in [0.5, 0.6) is 0 Å². The second kappa shape index (κ2) is 5.75. The van der Waals surface area contributed by atoms with E-state index in [1.54, 1.807) is 18.2 Å². The fourth-order valence-electron chi connectivity index (χ4n) is 1.02. The average Bonchev–Trinajstić information content (AvgIpc) is 2.19. The second-order valence-electron chi connectivity index (χ2n) is 3.86. The molecule has 0 aliphatic carbocycles. The maximum atomic E-state index is 11.4. The highest BCUT2D eigenvalue weighted by Crippen LogP contribution is 2.24. The van der Waals surface area contributed by atoms with Crippen molar-refractivity contribution in [1.29, 1.82) is 0 Å². The Bertz CT molecular complexity index is 380. The van der Waals surface area contributed by atoms with Gasteiger partial charge in [-0.15, -0.1) is 0 Å². The molecule has 0 saturated carbocycles. The van der Waals surface area contributed by atoms with E-state index >= 15 is 0 Å². The number of halogens is 1. The molecule has 0 radical (unpaired) electrons. The van der Waals surface area contributed by atoms with Crippen molar-refractivity contribution < 1.29 is 9.53 Å². The maximum absolute atomic E-state index is 11.4. The van der Waals surface area contributed by atoms with Crippen molar-refractivity contribution in [3.8, 4) is 0 Å². The molecular formula is C11H15BrN2O2. The highest BCUT2D eigenvalue weighted by molar-refractivity contribution is 9.10. The summed E-state index contributed by atoms with van der Waals surface area (Å²) in [4.78, 5) is 11.4. The highest BCUT2D eigenvalue weighted by atomic mass is 79.9. The van der Waals surface area contributed by atoms with E-state index in [2.05, 4.69) is 21.2 Å². The summed E-state index contributed by atoms with van der Waals surface area (Å²) in [7, 11) is 0. The summed E-state index contributed by atoms with van der Waals surface area (Å²) in [5.74, 6) is 0.320. The van der Waals surface area contributed by atoms with E-state index in [9.17, 15) is 4.79 Å². The molecule has 5 heteroatoms. The smallest absolute Gasteiger partial charge is 0.411 e. The third-order valence-electron chi connectivity index (χ3n) is 1.78. The predicted molar refractivity (Wildman–Crippen MR) is 68.4 cm³/mol. The van der Waals surface area contributed by atoms with E-state index in [0.29, 0.717) is 23.9 Å². The number of amides is 1. The topological polar surface area (TPSA) is 64.3 Å². The molecule has 1 amide bonds. The first kappa shape index (κ1) is 12.8. The van der Waals surface area contributed by atoms with Crippen LogP contribution in [0.1, 0.15) is 13.8 Å². The van der Waals surface area contributed by atoms with Crippen LogP contribution in [0.25, 0.3) is 0 Å². The predicted octanol–water partition coefficient (Wildman–Crippen LogP) is 3.24. The minimum absolute atomic E-state index is 0.320. The summed E-state index contributed by atoms with van der Waals surface area (Å²) < 4.78 is 5.72. The molecule has 16 heavy (non-hydrogen) atoms. The van der Waals surface area contributed by atoms with Gasteiger partial charge in [-0.1, -0.05) is 13.8 Å². The Kier molecular flexibility index (Phi) is 4.61. The lowest BCUT2D eigenvalue weighted by Crippen LogP contribution is -2.16. The minimum atomic E-state index is -0.459. The number of hydrogen-bond donors (Lipinski definition) is 2. The lowest BCUT2D eigenvalue weighted by atomic mass is 10.2. The van der Waals surface area contributed by atoms with Gasteiger partial charge in [-0.05, 0) is 40.0 Å². The SMILES string of the molecule is CC(C)COC(=O)Nc1ccc(N)cc1Br. The molecule has 88 valence electrons. The summed E-state index contributed by atoms with van der Waals surface area (Å²) >= 11 is 3.31. The number of nitrogens with one attached hydrogen (secondary N) is 1. The molecule has 4 nitrogen and oxygen atoms in total. The summed E-state index contributed by atoms with van der Waals surface area (Å²) in [5, 5.41) is 2.63. The van der Waals surface area contributed by atoms with Crippen molar-refractivity contribution in [3.63, 3.8) is 0 Å². The molecule has 1 aromatic carbocycles. The fourth-order valence-corrected chi connectivity index (χ4v) is 1.52. The summed E-state index contributed by atoms with van der Waals surface area (Å²) in [5.41, 5.74) is 6.86. The lowest BCUT2D eigenvalue weighted by Gasteiger charge is -2.10. The number of anilines is 2. The summed E-state index contributed by atoms with van der Waals surface area (Å²) in [6, 6.07) is 5.15. The zero-order valence-corrected chi connectivity index (χ0v) is 10.9. The van der Waals surface area contributed by atoms with Crippen LogP contribution in [0.2, 0.25) is 0 Å². The monoisotopic (exact) mass is 286 g/mol. The van der Waals surface area contributed by atoms with Crippen molar-refractivity contribution in [1.82, 2.24) is 0 Å². The third-order valence-corrected chi connectivity index (χ3v) is 2.43. The average molecular weight is 287 g/mol. The van der Waals surface area contributed by atoms with Crippen molar-refractivity contribution in [2.45, 2.75) is 13.8 Å². The molecule has 0 spiro atoms. The van der Waals surface area contributed by atoms with Gasteiger partial charge in [0.2, 0.25) is 0 Å². The van der Waals surface area contributed by atoms with Crippen molar-refractivity contribution in [3.05, 3.63) is 22.7 Å². The van der Waals surface area contributed by atoms with Crippen LogP contribution >= 0.6 is 15.9 Å².